The second kappa shape index (κ2) is 5.59. The van der Waals surface area contributed by atoms with E-state index >= 15 is 0 Å². The molecule has 1 aliphatic rings. The second-order valence-corrected chi connectivity index (χ2v) is 6.23. The molecule has 1 aromatic carbocycles. The van der Waals surface area contributed by atoms with Gasteiger partial charge in [0.05, 0.1) is 5.69 Å². The first-order valence-electron chi connectivity index (χ1n) is 6.71. The van der Waals surface area contributed by atoms with E-state index in [9.17, 15) is 32.3 Å². The van der Waals surface area contributed by atoms with E-state index in [1.807, 2.05) is 0 Å². The Morgan fingerprint density at radius 3 is 2.54 bits per heavy atom. The van der Waals surface area contributed by atoms with Crippen LogP contribution in [0.2, 0.25) is 0 Å². The van der Waals surface area contributed by atoms with Gasteiger partial charge in [-0.2, -0.15) is 13.2 Å². The van der Waals surface area contributed by atoms with Crippen molar-refractivity contribution >= 4 is 28.9 Å². The summed E-state index contributed by atoms with van der Waals surface area (Å²) in [5, 5.41) is 11.6. The molecule has 1 aromatic heterocycles. The van der Waals surface area contributed by atoms with Gasteiger partial charge in [0.25, 0.3) is 0 Å². The summed E-state index contributed by atoms with van der Waals surface area (Å²) in [7, 11) is 0. The van der Waals surface area contributed by atoms with Gasteiger partial charge in [-0.15, -0.1) is 11.3 Å². The van der Waals surface area contributed by atoms with Gasteiger partial charge >= 0.3 is 12.1 Å². The molecule has 0 spiro atoms. The first-order chi connectivity index (χ1) is 11.2. The third-order valence-corrected chi connectivity index (χ3v) is 4.93. The molecule has 0 fully saturated rings. The van der Waals surface area contributed by atoms with Crippen LogP contribution in [0.4, 0.5) is 23.2 Å². The predicted octanol–water partition coefficient (Wildman–Crippen LogP) is 4.24. The van der Waals surface area contributed by atoms with E-state index in [0.717, 1.165) is 6.07 Å². The Hall–Kier alpha value is -2.42. The lowest BCUT2D eigenvalue weighted by atomic mass is 9.93. The number of anilines is 1. The van der Waals surface area contributed by atoms with Gasteiger partial charge in [0.15, 0.2) is 0 Å². The van der Waals surface area contributed by atoms with Crippen LogP contribution in [0.5, 0.6) is 0 Å². The number of hydrogen-bond acceptors (Lipinski definition) is 3. The molecule has 2 N–H and O–H groups in total. The van der Waals surface area contributed by atoms with E-state index in [2.05, 4.69) is 5.32 Å². The fourth-order valence-electron chi connectivity index (χ4n) is 2.62. The number of amides is 1. The lowest BCUT2D eigenvalue weighted by molar-refractivity contribution is -0.156. The lowest BCUT2D eigenvalue weighted by Gasteiger charge is -2.25. The number of carbonyl (C=O) groups is 2. The highest BCUT2D eigenvalue weighted by atomic mass is 32.1. The number of benzene rings is 1. The van der Waals surface area contributed by atoms with Crippen LogP contribution in [-0.4, -0.2) is 23.2 Å². The standard InChI is InChI=1S/C15H9F4NO3S/c16-8-4-2-1-3-6(8)10-11-12(24-13(10)14(22)23)7(15(17,18)19)5-9(21)20-11/h1-4,7H,5H2,(H,20,21)(H,22,23)/t7-/m1/s1. The van der Waals surface area contributed by atoms with E-state index in [1.165, 1.54) is 18.2 Å². The number of nitrogens with one attached hydrogen (secondary N) is 1. The Labute approximate surface area is 136 Å². The highest BCUT2D eigenvalue weighted by Crippen LogP contribution is 2.52. The smallest absolute Gasteiger partial charge is 0.397 e. The third kappa shape index (κ3) is 2.64. The lowest BCUT2D eigenvalue weighted by Crippen LogP contribution is -2.30. The minimum absolute atomic E-state index is 0.171. The molecule has 9 heteroatoms. The molecule has 0 radical (unpaired) electrons. The molecule has 2 aromatic rings. The Bertz CT molecular complexity index is 844. The summed E-state index contributed by atoms with van der Waals surface area (Å²) in [6.45, 7) is 0. The molecule has 3 rings (SSSR count). The number of thiophene rings is 1. The maximum atomic E-state index is 14.1. The zero-order chi connectivity index (χ0) is 17.6. The van der Waals surface area contributed by atoms with Gasteiger partial charge in [-0.05, 0) is 6.07 Å². The Balaban J connectivity index is 2.31. The van der Waals surface area contributed by atoms with Crippen molar-refractivity contribution in [2.24, 2.45) is 0 Å². The highest BCUT2D eigenvalue weighted by Gasteiger charge is 2.48. The van der Waals surface area contributed by atoms with Crippen LogP contribution in [0.25, 0.3) is 11.1 Å². The van der Waals surface area contributed by atoms with E-state index in [4.69, 9.17) is 0 Å². The Morgan fingerprint density at radius 2 is 1.96 bits per heavy atom. The van der Waals surface area contributed by atoms with Crippen LogP contribution in [0.15, 0.2) is 24.3 Å². The number of aromatic carboxylic acids is 1. The molecule has 0 saturated heterocycles. The number of carbonyl (C=O) groups excluding carboxylic acids is 1. The largest absolute Gasteiger partial charge is 0.477 e. The average molecular weight is 359 g/mol. The monoisotopic (exact) mass is 359 g/mol. The number of carboxylic acids is 1. The summed E-state index contributed by atoms with van der Waals surface area (Å²) in [4.78, 5) is 22.4. The molecule has 1 amide bonds. The normalized spacial score (nSPS) is 17.3. The molecule has 0 saturated carbocycles. The molecule has 0 aliphatic carbocycles. The van der Waals surface area contributed by atoms with Crippen molar-refractivity contribution in [3.05, 3.63) is 39.8 Å². The first-order valence-corrected chi connectivity index (χ1v) is 7.53. The van der Waals surface area contributed by atoms with Crippen molar-refractivity contribution in [3.63, 3.8) is 0 Å². The molecule has 0 unspecified atom stereocenters. The number of hydrogen-bond donors (Lipinski definition) is 2. The molecule has 0 bridgehead atoms. The molecular formula is C15H9F4NO3S. The molecule has 1 atom stereocenters. The van der Waals surface area contributed by atoms with E-state index in [1.54, 1.807) is 0 Å². The van der Waals surface area contributed by atoms with Crippen molar-refractivity contribution in [2.75, 3.05) is 5.32 Å². The maximum Gasteiger partial charge on any atom is 0.397 e. The van der Waals surface area contributed by atoms with Crippen LogP contribution in [-0.2, 0) is 4.79 Å². The molecule has 1 aliphatic heterocycles. The number of carboxylic acid groups (broad SMARTS) is 1. The van der Waals surface area contributed by atoms with Gasteiger partial charge in [0, 0.05) is 22.4 Å². The SMILES string of the molecule is O=C1C[C@@H](C(F)(F)F)c2sc(C(=O)O)c(-c3ccccc3F)c2N1. The van der Waals surface area contributed by atoms with Crippen molar-refractivity contribution in [1.29, 1.82) is 0 Å². The van der Waals surface area contributed by atoms with Crippen molar-refractivity contribution in [1.82, 2.24) is 0 Å². The topological polar surface area (TPSA) is 66.4 Å². The van der Waals surface area contributed by atoms with Gasteiger partial charge in [0.1, 0.15) is 16.6 Å². The summed E-state index contributed by atoms with van der Waals surface area (Å²) >= 11 is 0.410. The first kappa shape index (κ1) is 16.4. The summed E-state index contributed by atoms with van der Waals surface area (Å²) in [6.07, 6.45) is -5.54. The average Bonchev–Trinajstić information content (AvgIpc) is 2.85. The van der Waals surface area contributed by atoms with E-state index in [-0.39, 0.29) is 21.7 Å². The molecule has 24 heavy (non-hydrogen) atoms. The zero-order valence-electron chi connectivity index (χ0n) is 11.8. The molecule has 2 heterocycles. The van der Waals surface area contributed by atoms with Crippen LogP contribution < -0.4 is 5.32 Å². The van der Waals surface area contributed by atoms with Crippen LogP contribution in [0.3, 0.4) is 0 Å². The summed E-state index contributed by atoms with van der Waals surface area (Å²) < 4.78 is 53.7. The van der Waals surface area contributed by atoms with Gasteiger partial charge in [-0.1, -0.05) is 18.2 Å². The number of rotatable bonds is 2. The third-order valence-electron chi connectivity index (χ3n) is 3.64. The van der Waals surface area contributed by atoms with Gasteiger partial charge < -0.3 is 10.4 Å². The minimum Gasteiger partial charge on any atom is -0.477 e. The molecule has 126 valence electrons. The molecular weight excluding hydrogens is 350 g/mol. The fourth-order valence-corrected chi connectivity index (χ4v) is 3.86. The zero-order valence-corrected chi connectivity index (χ0v) is 12.6. The fraction of sp³-hybridized carbons (Fsp3) is 0.200. The Morgan fingerprint density at radius 1 is 1.29 bits per heavy atom. The van der Waals surface area contributed by atoms with Gasteiger partial charge in [-0.25, -0.2) is 9.18 Å². The van der Waals surface area contributed by atoms with Gasteiger partial charge in [-0.3, -0.25) is 4.79 Å². The van der Waals surface area contributed by atoms with E-state index < -0.39 is 41.1 Å². The van der Waals surface area contributed by atoms with Crippen LogP contribution in [0.1, 0.15) is 26.9 Å². The summed E-state index contributed by atoms with van der Waals surface area (Å²) in [6, 6.07) is 5.12. The van der Waals surface area contributed by atoms with Crippen molar-refractivity contribution in [3.8, 4) is 11.1 Å². The summed E-state index contributed by atoms with van der Waals surface area (Å²) in [5.74, 6) is -5.27. The van der Waals surface area contributed by atoms with Crippen molar-refractivity contribution < 1.29 is 32.3 Å². The Kier molecular flexibility index (Phi) is 3.83. The minimum atomic E-state index is -4.71. The number of fused-ring (bicyclic) bond motifs is 1. The number of alkyl halides is 3. The molecule has 4 nitrogen and oxygen atoms in total. The highest BCUT2D eigenvalue weighted by molar-refractivity contribution is 7.15. The van der Waals surface area contributed by atoms with Gasteiger partial charge in [0.2, 0.25) is 5.91 Å². The van der Waals surface area contributed by atoms with Crippen molar-refractivity contribution in [2.45, 2.75) is 18.5 Å². The second-order valence-electron chi connectivity index (χ2n) is 5.18. The predicted molar refractivity (Wildman–Crippen MR) is 78.7 cm³/mol. The number of halogens is 4. The maximum absolute atomic E-state index is 14.1. The van der Waals surface area contributed by atoms with Crippen LogP contribution >= 0.6 is 11.3 Å². The quantitative estimate of drug-likeness (QED) is 0.788. The summed E-state index contributed by atoms with van der Waals surface area (Å²) in [5.41, 5.74) is -0.681. The van der Waals surface area contributed by atoms with Crippen LogP contribution in [0, 0.1) is 5.82 Å². The van der Waals surface area contributed by atoms with E-state index in [0.29, 0.717) is 11.3 Å².